The summed E-state index contributed by atoms with van der Waals surface area (Å²) < 4.78 is 33.3. The average molecular weight is 378 g/mol. The first-order valence-corrected chi connectivity index (χ1v) is 9.38. The lowest BCUT2D eigenvalue weighted by molar-refractivity contribution is 0.101. The lowest BCUT2D eigenvalue weighted by Crippen LogP contribution is -2.13. The van der Waals surface area contributed by atoms with E-state index in [4.69, 9.17) is 16.0 Å². The topological polar surface area (TPSA) is 76.4 Å². The number of furan rings is 1. The van der Waals surface area contributed by atoms with Crippen molar-refractivity contribution in [3.05, 3.63) is 58.3 Å². The van der Waals surface area contributed by atoms with Gasteiger partial charge >= 0.3 is 0 Å². The molecular weight excluding hydrogens is 362 g/mol. The number of ketones is 1. The highest BCUT2D eigenvalue weighted by Gasteiger charge is 2.19. The Morgan fingerprint density at radius 2 is 1.76 bits per heavy atom. The lowest BCUT2D eigenvalue weighted by Gasteiger charge is -2.09. The molecule has 0 aliphatic carbocycles. The van der Waals surface area contributed by atoms with Crippen LogP contribution < -0.4 is 4.72 Å². The number of aryl methyl sites for hydroxylation is 2. The van der Waals surface area contributed by atoms with Gasteiger partial charge in [-0.2, -0.15) is 0 Å². The van der Waals surface area contributed by atoms with Crippen LogP contribution in [-0.4, -0.2) is 14.2 Å². The van der Waals surface area contributed by atoms with Crippen LogP contribution in [-0.2, 0) is 10.0 Å². The molecule has 0 amide bonds. The molecule has 0 radical (unpaired) electrons. The Bertz CT molecular complexity index is 1080. The lowest BCUT2D eigenvalue weighted by atomic mass is 10.0. The van der Waals surface area contributed by atoms with Crippen LogP contribution in [0.2, 0.25) is 5.02 Å². The first kappa shape index (κ1) is 17.5. The van der Waals surface area contributed by atoms with Crippen LogP contribution in [0.5, 0.6) is 0 Å². The highest BCUT2D eigenvalue weighted by molar-refractivity contribution is 7.92. The van der Waals surface area contributed by atoms with Gasteiger partial charge in [-0.1, -0.05) is 11.6 Å². The van der Waals surface area contributed by atoms with E-state index in [-0.39, 0.29) is 10.7 Å². The molecule has 0 bridgehead atoms. The second-order valence-corrected chi connectivity index (χ2v) is 7.94. The standard InChI is InChI=1S/C18H16ClNO4S/c1-10-8-14(9-16-17(11(2)21)12(3)24-18(10)16)20-25(22,23)15-6-4-13(19)5-7-15/h4-9,20H,1-3H3. The van der Waals surface area contributed by atoms with Gasteiger partial charge in [0.15, 0.2) is 5.78 Å². The molecule has 0 fully saturated rings. The van der Waals surface area contributed by atoms with Crippen LogP contribution >= 0.6 is 11.6 Å². The molecule has 0 spiro atoms. The molecule has 130 valence electrons. The summed E-state index contributed by atoms with van der Waals surface area (Å²) in [6, 6.07) is 9.17. The predicted octanol–water partition coefficient (Wildman–Crippen LogP) is 4.71. The SMILES string of the molecule is CC(=O)c1c(C)oc2c(C)cc(NS(=O)(=O)c3ccc(Cl)cc3)cc12. The van der Waals surface area contributed by atoms with E-state index in [1.54, 1.807) is 26.0 Å². The van der Waals surface area contributed by atoms with Gasteiger partial charge in [-0.15, -0.1) is 0 Å². The van der Waals surface area contributed by atoms with Crippen LogP contribution in [0.15, 0.2) is 45.7 Å². The van der Waals surface area contributed by atoms with E-state index >= 15 is 0 Å². The van der Waals surface area contributed by atoms with E-state index < -0.39 is 10.0 Å². The molecule has 0 aliphatic heterocycles. The molecule has 0 saturated carbocycles. The molecule has 1 N–H and O–H groups in total. The van der Waals surface area contributed by atoms with Gasteiger partial charge in [-0.05, 0) is 62.7 Å². The van der Waals surface area contributed by atoms with Crippen molar-refractivity contribution in [2.75, 3.05) is 4.72 Å². The van der Waals surface area contributed by atoms with Crippen molar-refractivity contribution in [2.24, 2.45) is 0 Å². The van der Waals surface area contributed by atoms with E-state index in [1.807, 2.05) is 0 Å². The molecule has 0 unspecified atom stereocenters. The van der Waals surface area contributed by atoms with Crippen molar-refractivity contribution in [3.63, 3.8) is 0 Å². The summed E-state index contributed by atoms with van der Waals surface area (Å²) >= 11 is 5.80. The van der Waals surface area contributed by atoms with Crippen molar-refractivity contribution < 1.29 is 17.6 Å². The Morgan fingerprint density at radius 3 is 2.36 bits per heavy atom. The van der Waals surface area contributed by atoms with Gasteiger partial charge in [0.05, 0.1) is 10.5 Å². The van der Waals surface area contributed by atoms with E-state index in [9.17, 15) is 13.2 Å². The average Bonchev–Trinajstić information content (AvgIpc) is 2.84. The number of halogens is 1. The van der Waals surface area contributed by atoms with Crippen LogP contribution in [0.25, 0.3) is 11.0 Å². The third-order valence-corrected chi connectivity index (χ3v) is 5.53. The summed E-state index contributed by atoms with van der Waals surface area (Å²) in [7, 11) is -3.77. The molecule has 1 aromatic heterocycles. The van der Waals surface area contributed by atoms with Gasteiger partial charge in [0.1, 0.15) is 11.3 Å². The van der Waals surface area contributed by atoms with Crippen molar-refractivity contribution in [1.29, 1.82) is 0 Å². The highest BCUT2D eigenvalue weighted by atomic mass is 35.5. The molecule has 1 heterocycles. The molecule has 2 aromatic carbocycles. The zero-order chi connectivity index (χ0) is 18.4. The van der Waals surface area contributed by atoms with Gasteiger partial charge < -0.3 is 4.42 Å². The zero-order valence-electron chi connectivity index (χ0n) is 13.9. The smallest absolute Gasteiger partial charge is 0.261 e. The Balaban J connectivity index is 2.09. The van der Waals surface area contributed by atoms with Gasteiger partial charge in [0.25, 0.3) is 10.0 Å². The second-order valence-electron chi connectivity index (χ2n) is 5.82. The molecule has 0 aliphatic rings. The molecule has 0 atom stereocenters. The number of carbonyl (C=O) groups is 1. The fourth-order valence-corrected chi connectivity index (χ4v) is 3.98. The number of fused-ring (bicyclic) bond motifs is 1. The molecule has 5 nitrogen and oxygen atoms in total. The van der Waals surface area contributed by atoms with Crippen LogP contribution in [0.4, 0.5) is 5.69 Å². The Morgan fingerprint density at radius 1 is 1.12 bits per heavy atom. The van der Waals surface area contributed by atoms with Crippen molar-refractivity contribution in [3.8, 4) is 0 Å². The summed E-state index contributed by atoms with van der Waals surface area (Å²) in [4.78, 5) is 12.0. The number of sulfonamides is 1. The largest absolute Gasteiger partial charge is 0.460 e. The third-order valence-electron chi connectivity index (χ3n) is 3.88. The van der Waals surface area contributed by atoms with Gasteiger partial charge in [-0.25, -0.2) is 8.42 Å². The van der Waals surface area contributed by atoms with Gasteiger partial charge in [-0.3, -0.25) is 9.52 Å². The first-order chi connectivity index (χ1) is 11.7. The quantitative estimate of drug-likeness (QED) is 0.668. The molecule has 3 aromatic rings. The maximum absolute atomic E-state index is 12.5. The van der Waals surface area contributed by atoms with Crippen molar-refractivity contribution in [1.82, 2.24) is 0 Å². The second kappa shape index (κ2) is 6.20. The normalized spacial score (nSPS) is 11.7. The van der Waals surface area contributed by atoms with Crippen LogP contribution in [0, 0.1) is 13.8 Å². The minimum absolute atomic E-state index is 0.102. The Hall–Kier alpha value is -2.31. The number of benzene rings is 2. The summed E-state index contributed by atoms with van der Waals surface area (Å²) in [5, 5.41) is 1.05. The number of rotatable bonds is 4. The summed E-state index contributed by atoms with van der Waals surface area (Å²) in [5.74, 6) is 0.386. The molecule has 7 heteroatoms. The maximum Gasteiger partial charge on any atom is 0.261 e. The van der Waals surface area contributed by atoms with E-state index in [2.05, 4.69) is 4.72 Å². The van der Waals surface area contributed by atoms with Crippen molar-refractivity contribution >= 4 is 44.1 Å². The third kappa shape index (κ3) is 3.27. The summed E-state index contributed by atoms with van der Waals surface area (Å²) in [5.41, 5.74) is 2.15. The van der Waals surface area contributed by atoms with E-state index in [0.29, 0.717) is 33.0 Å². The highest BCUT2D eigenvalue weighted by Crippen LogP contribution is 2.32. The Labute approximate surface area is 150 Å². The van der Waals surface area contributed by atoms with E-state index in [1.165, 1.54) is 31.2 Å². The molecule has 3 rings (SSSR count). The van der Waals surface area contributed by atoms with E-state index in [0.717, 1.165) is 5.56 Å². The number of hydrogen-bond acceptors (Lipinski definition) is 4. The van der Waals surface area contributed by atoms with Gasteiger partial charge in [0.2, 0.25) is 0 Å². The predicted molar refractivity (Wildman–Crippen MR) is 98.0 cm³/mol. The Kier molecular flexibility index (Phi) is 4.34. The minimum atomic E-state index is -3.77. The number of anilines is 1. The molecular formula is C18H16ClNO4S. The number of hydrogen-bond donors (Lipinski definition) is 1. The summed E-state index contributed by atoms with van der Waals surface area (Å²) in [6.07, 6.45) is 0. The number of Topliss-reactive ketones (excluding diaryl/α,β-unsaturated/α-hetero) is 1. The number of carbonyl (C=O) groups excluding carboxylic acids is 1. The maximum atomic E-state index is 12.5. The summed E-state index contributed by atoms with van der Waals surface area (Å²) in [6.45, 7) is 4.97. The fourth-order valence-electron chi connectivity index (χ4n) is 2.81. The number of nitrogens with one attached hydrogen (secondary N) is 1. The first-order valence-electron chi connectivity index (χ1n) is 7.52. The van der Waals surface area contributed by atoms with Crippen LogP contribution in [0.1, 0.15) is 28.6 Å². The minimum Gasteiger partial charge on any atom is -0.460 e. The van der Waals surface area contributed by atoms with Gasteiger partial charge in [0, 0.05) is 16.1 Å². The van der Waals surface area contributed by atoms with Crippen molar-refractivity contribution in [2.45, 2.75) is 25.7 Å². The molecule has 25 heavy (non-hydrogen) atoms. The zero-order valence-corrected chi connectivity index (χ0v) is 15.5. The van der Waals surface area contributed by atoms with Crippen LogP contribution in [0.3, 0.4) is 0 Å². The molecule has 0 saturated heterocycles. The monoisotopic (exact) mass is 377 g/mol. The fraction of sp³-hybridized carbons (Fsp3) is 0.167.